The van der Waals surface area contributed by atoms with Crippen molar-refractivity contribution < 1.29 is 51.4 Å². The van der Waals surface area contributed by atoms with E-state index in [1.807, 2.05) is 19.2 Å². The molecule has 0 aliphatic carbocycles. The Labute approximate surface area is 85.9 Å². The second-order valence-electron chi connectivity index (χ2n) is 1.34. The minimum absolute atomic E-state index is 0. The molecular formula is C5H6KN. The van der Waals surface area contributed by atoms with Crippen LogP contribution in [0.2, 0.25) is 0 Å². The second-order valence-corrected chi connectivity index (χ2v) is 1.34. The summed E-state index contributed by atoms with van der Waals surface area (Å²) in [5.74, 6) is 0. The largest absolute Gasteiger partial charge is 1.00 e. The molecule has 0 spiro atoms. The topological polar surface area (TPSA) is 14.1 Å². The van der Waals surface area contributed by atoms with Crippen molar-refractivity contribution in [1.82, 2.24) is 4.98 Å². The second kappa shape index (κ2) is 3.86. The van der Waals surface area contributed by atoms with Crippen LogP contribution in [0.1, 0.15) is 5.56 Å². The normalized spacial score (nSPS) is 7.57. The number of hydrogen-bond acceptors (Lipinski definition) is 0. The van der Waals surface area contributed by atoms with E-state index in [0.29, 0.717) is 0 Å². The van der Waals surface area contributed by atoms with Crippen molar-refractivity contribution >= 4 is 0 Å². The molecule has 0 bridgehead atoms. The summed E-state index contributed by atoms with van der Waals surface area (Å²) in [5.41, 5.74) is 1.23. The number of aromatic nitrogens is 1. The maximum absolute atomic E-state index is 3.82. The molecule has 32 valence electrons. The smallest absolute Gasteiger partial charge is 0.670 e. The van der Waals surface area contributed by atoms with Crippen molar-refractivity contribution in [2.45, 2.75) is 6.92 Å². The van der Waals surface area contributed by atoms with E-state index in [0.717, 1.165) is 0 Å². The minimum Gasteiger partial charge on any atom is -0.670 e. The van der Waals surface area contributed by atoms with Crippen LogP contribution in [-0.4, -0.2) is 0 Å². The van der Waals surface area contributed by atoms with Crippen LogP contribution in [0.15, 0.2) is 18.5 Å². The first-order chi connectivity index (χ1) is 2.89. The van der Waals surface area contributed by atoms with Crippen LogP contribution in [-0.2, 0) is 0 Å². The van der Waals surface area contributed by atoms with Crippen LogP contribution in [0, 0.1) is 6.92 Å². The van der Waals surface area contributed by atoms with Crippen LogP contribution in [0.3, 0.4) is 0 Å². The summed E-state index contributed by atoms with van der Waals surface area (Å²) in [6.07, 6.45) is 3.62. The van der Waals surface area contributed by atoms with E-state index in [4.69, 9.17) is 0 Å². The fourth-order valence-electron chi connectivity index (χ4n) is 0.364. The summed E-state index contributed by atoms with van der Waals surface area (Å²) in [4.78, 5) is 3.82. The molecule has 0 N–H and O–H groups in total. The summed E-state index contributed by atoms with van der Waals surface area (Å²) in [6, 6.07) is 1.97. The Balaban J connectivity index is 0.000000360. The molecule has 2 heteroatoms. The predicted octanol–water partition coefficient (Wildman–Crippen LogP) is -2.04. The van der Waals surface area contributed by atoms with Gasteiger partial charge in [0, 0.05) is 0 Å². The predicted molar refractivity (Wildman–Crippen MR) is 24.5 cm³/mol. The van der Waals surface area contributed by atoms with Gasteiger partial charge in [-0.1, -0.05) is 11.6 Å². The third-order valence-electron chi connectivity index (χ3n) is 0.702. The van der Waals surface area contributed by atoms with Crippen molar-refractivity contribution in [3.63, 3.8) is 0 Å². The number of rotatable bonds is 0. The molecule has 0 amide bonds. The quantitative estimate of drug-likeness (QED) is 0.359. The van der Waals surface area contributed by atoms with E-state index < -0.39 is 0 Å². The van der Waals surface area contributed by atoms with Crippen LogP contribution in [0.25, 0.3) is 0 Å². The van der Waals surface area contributed by atoms with Gasteiger partial charge in [0.25, 0.3) is 0 Å². The molecule has 0 fully saturated rings. The molecular weight excluding hydrogens is 113 g/mol. The van der Waals surface area contributed by atoms with Crippen LogP contribution in [0.4, 0.5) is 0 Å². The van der Waals surface area contributed by atoms with Crippen molar-refractivity contribution in [1.29, 1.82) is 0 Å². The SMILES string of the molecule is Cc1cc[n-]c1.[K+]. The molecule has 0 saturated heterocycles. The van der Waals surface area contributed by atoms with Gasteiger partial charge in [-0.25, -0.2) is 0 Å². The van der Waals surface area contributed by atoms with Gasteiger partial charge < -0.3 is 4.98 Å². The fourth-order valence-corrected chi connectivity index (χ4v) is 0.364. The summed E-state index contributed by atoms with van der Waals surface area (Å²) in [7, 11) is 0. The van der Waals surface area contributed by atoms with Gasteiger partial charge in [-0.15, -0.1) is 0 Å². The Morgan fingerprint density at radius 1 is 1.57 bits per heavy atom. The van der Waals surface area contributed by atoms with Crippen molar-refractivity contribution in [2.24, 2.45) is 0 Å². The first-order valence-corrected chi connectivity index (χ1v) is 1.93. The zero-order valence-corrected chi connectivity index (χ0v) is 7.80. The number of aryl methyl sites for hydroxylation is 1. The van der Waals surface area contributed by atoms with Gasteiger partial charge in [-0.05, 0) is 6.92 Å². The van der Waals surface area contributed by atoms with Crippen LogP contribution < -0.4 is 56.4 Å². The molecule has 0 radical (unpaired) electrons. The number of hydrogen-bond donors (Lipinski definition) is 0. The molecule has 0 unspecified atom stereocenters. The first-order valence-electron chi connectivity index (χ1n) is 1.93. The van der Waals surface area contributed by atoms with Gasteiger partial charge in [0.05, 0.1) is 0 Å². The molecule has 1 rings (SSSR count). The minimum atomic E-state index is 0. The number of nitrogens with zero attached hydrogens (tertiary/aromatic N) is 1. The third kappa shape index (κ3) is 2.67. The van der Waals surface area contributed by atoms with E-state index in [9.17, 15) is 0 Å². The molecule has 1 nitrogen and oxygen atoms in total. The summed E-state index contributed by atoms with van der Waals surface area (Å²) in [6.45, 7) is 2.02. The molecule has 1 aromatic rings. The fraction of sp³-hybridized carbons (Fsp3) is 0.200. The van der Waals surface area contributed by atoms with Gasteiger partial charge in [0.2, 0.25) is 0 Å². The van der Waals surface area contributed by atoms with E-state index in [-0.39, 0.29) is 51.4 Å². The average Bonchev–Trinajstić information content (AvgIpc) is 1.86. The van der Waals surface area contributed by atoms with Gasteiger partial charge >= 0.3 is 51.4 Å². The summed E-state index contributed by atoms with van der Waals surface area (Å²) >= 11 is 0. The molecule has 0 atom stereocenters. The Morgan fingerprint density at radius 3 is 2.43 bits per heavy atom. The zero-order valence-electron chi connectivity index (χ0n) is 4.68. The van der Waals surface area contributed by atoms with Gasteiger partial charge in [0.15, 0.2) is 0 Å². The van der Waals surface area contributed by atoms with Crippen molar-refractivity contribution in [3.05, 3.63) is 24.0 Å². The van der Waals surface area contributed by atoms with E-state index in [1.54, 1.807) is 6.20 Å². The average molecular weight is 119 g/mol. The zero-order chi connectivity index (χ0) is 4.41. The molecule has 0 saturated carbocycles. The Hall–Kier alpha value is 0.916. The molecule has 7 heavy (non-hydrogen) atoms. The summed E-state index contributed by atoms with van der Waals surface area (Å²) in [5, 5.41) is 0. The Bertz CT molecular complexity index is 112. The van der Waals surface area contributed by atoms with E-state index in [1.165, 1.54) is 5.56 Å². The van der Waals surface area contributed by atoms with Crippen LogP contribution in [0.5, 0.6) is 0 Å². The Morgan fingerprint density at radius 2 is 2.29 bits per heavy atom. The van der Waals surface area contributed by atoms with Gasteiger partial charge in [0.1, 0.15) is 0 Å². The Kier molecular flexibility index (Phi) is 4.37. The van der Waals surface area contributed by atoms with Crippen molar-refractivity contribution in [2.75, 3.05) is 0 Å². The van der Waals surface area contributed by atoms with Crippen LogP contribution >= 0.6 is 0 Å². The van der Waals surface area contributed by atoms with Gasteiger partial charge in [-0.3, -0.25) is 0 Å². The van der Waals surface area contributed by atoms with E-state index >= 15 is 0 Å². The monoisotopic (exact) mass is 119 g/mol. The molecule has 1 heterocycles. The molecule has 1 aromatic heterocycles. The standard InChI is InChI=1S/C5H6N.K/c1-5-2-3-6-4-5;/h2-4H,1H3;/q-1;+1. The molecule has 0 aromatic carbocycles. The molecule has 0 aliphatic rings. The summed E-state index contributed by atoms with van der Waals surface area (Å²) < 4.78 is 0. The maximum atomic E-state index is 3.82. The molecule has 0 aliphatic heterocycles. The van der Waals surface area contributed by atoms with Gasteiger partial charge in [-0.2, -0.15) is 12.4 Å². The third-order valence-corrected chi connectivity index (χ3v) is 0.702. The first kappa shape index (κ1) is 7.92. The maximum Gasteiger partial charge on any atom is 1.00 e. The van der Waals surface area contributed by atoms with Crippen molar-refractivity contribution in [3.8, 4) is 0 Å². The van der Waals surface area contributed by atoms with E-state index in [2.05, 4.69) is 4.98 Å².